The van der Waals surface area contributed by atoms with Gasteiger partial charge in [0.05, 0.1) is 11.1 Å². The van der Waals surface area contributed by atoms with Gasteiger partial charge in [0.2, 0.25) is 16.0 Å². The average Bonchev–Trinajstić information content (AvgIpc) is 2.62. The summed E-state index contributed by atoms with van der Waals surface area (Å²) in [5.74, 6) is 0.971. The first-order chi connectivity index (χ1) is 12.4. The molecule has 3 rings (SSSR count). The lowest BCUT2D eigenvalue weighted by Crippen LogP contribution is -2.38. The van der Waals surface area contributed by atoms with Crippen LogP contribution >= 0.6 is 0 Å². The van der Waals surface area contributed by atoms with Crippen LogP contribution in [-0.2, 0) is 10.0 Å². The Morgan fingerprint density at radius 3 is 2.65 bits per heavy atom. The van der Waals surface area contributed by atoms with Gasteiger partial charge in [0.15, 0.2) is 5.82 Å². The number of anilines is 3. The summed E-state index contributed by atoms with van der Waals surface area (Å²) in [4.78, 5) is 10.9. The fourth-order valence-electron chi connectivity index (χ4n) is 3.00. The molecule has 9 heteroatoms. The molecule has 2 heterocycles. The first-order valence-corrected chi connectivity index (χ1v) is 9.87. The standard InChI is InChI=1S/C17H20N6O2S/c1-12-4-2-3-9-23(12)16-13(10-18)11-20-17(22-16)21-14-5-7-15(8-6-14)26(19,24)25/h5-8,11-12H,2-4,9H2,1H3,(H2,19,24,25)(H,20,21,22)/t12-/m0/s1. The lowest BCUT2D eigenvalue weighted by molar-refractivity contribution is 0.481. The molecule has 8 nitrogen and oxygen atoms in total. The van der Waals surface area contributed by atoms with E-state index in [4.69, 9.17) is 5.14 Å². The third-order valence-electron chi connectivity index (χ3n) is 4.40. The van der Waals surface area contributed by atoms with Gasteiger partial charge in [-0.25, -0.2) is 18.5 Å². The van der Waals surface area contributed by atoms with E-state index in [1.807, 2.05) is 0 Å². The van der Waals surface area contributed by atoms with Gasteiger partial charge in [0.1, 0.15) is 11.6 Å². The number of aromatic nitrogens is 2. The third-order valence-corrected chi connectivity index (χ3v) is 5.33. The molecule has 0 bridgehead atoms. The van der Waals surface area contributed by atoms with E-state index in [1.54, 1.807) is 12.1 Å². The Morgan fingerprint density at radius 2 is 2.04 bits per heavy atom. The minimum Gasteiger partial charge on any atom is -0.353 e. The van der Waals surface area contributed by atoms with Crippen LogP contribution in [0.4, 0.5) is 17.5 Å². The van der Waals surface area contributed by atoms with Gasteiger partial charge in [0, 0.05) is 18.3 Å². The summed E-state index contributed by atoms with van der Waals surface area (Å²) in [5, 5.41) is 17.5. The lowest BCUT2D eigenvalue weighted by Gasteiger charge is -2.34. The number of sulfonamides is 1. The van der Waals surface area contributed by atoms with E-state index < -0.39 is 10.0 Å². The van der Waals surface area contributed by atoms with E-state index in [-0.39, 0.29) is 4.90 Å². The normalized spacial score (nSPS) is 17.6. The molecule has 0 radical (unpaired) electrons. The first-order valence-electron chi connectivity index (χ1n) is 8.32. The number of rotatable bonds is 4. The van der Waals surface area contributed by atoms with Crippen molar-refractivity contribution in [2.45, 2.75) is 37.1 Å². The number of nitriles is 1. The fraction of sp³-hybridized carbons (Fsp3) is 0.353. The quantitative estimate of drug-likeness (QED) is 0.842. The molecule has 1 saturated heterocycles. The molecule has 2 aromatic rings. The summed E-state index contributed by atoms with van der Waals surface area (Å²) in [5.41, 5.74) is 1.06. The number of nitrogens with one attached hydrogen (secondary N) is 1. The first kappa shape index (κ1) is 18.1. The smallest absolute Gasteiger partial charge is 0.238 e. The molecule has 0 amide bonds. The van der Waals surface area contributed by atoms with Crippen molar-refractivity contribution in [3.05, 3.63) is 36.0 Å². The number of hydrogen-bond acceptors (Lipinski definition) is 7. The van der Waals surface area contributed by atoms with Crippen molar-refractivity contribution >= 4 is 27.5 Å². The highest BCUT2D eigenvalue weighted by atomic mass is 32.2. The Kier molecular flexibility index (Phi) is 5.06. The molecule has 136 valence electrons. The van der Waals surface area contributed by atoms with Crippen molar-refractivity contribution in [2.24, 2.45) is 5.14 Å². The molecule has 1 aliphatic heterocycles. The predicted molar refractivity (Wildman–Crippen MR) is 98.5 cm³/mol. The highest BCUT2D eigenvalue weighted by Crippen LogP contribution is 2.27. The summed E-state index contributed by atoms with van der Waals surface area (Å²) in [6.45, 7) is 2.98. The largest absolute Gasteiger partial charge is 0.353 e. The summed E-state index contributed by atoms with van der Waals surface area (Å²) in [6.07, 6.45) is 4.81. The van der Waals surface area contributed by atoms with Crippen LogP contribution in [0.3, 0.4) is 0 Å². The van der Waals surface area contributed by atoms with E-state index in [1.165, 1.54) is 24.8 Å². The van der Waals surface area contributed by atoms with Crippen LogP contribution in [0.5, 0.6) is 0 Å². The third kappa shape index (κ3) is 3.92. The van der Waals surface area contributed by atoms with E-state index in [0.29, 0.717) is 29.1 Å². The molecule has 0 unspecified atom stereocenters. The molecule has 3 N–H and O–H groups in total. The van der Waals surface area contributed by atoms with Crippen LogP contribution in [0.1, 0.15) is 31.7 Å². The Balaban J connectivity index is 1.87. The number of nitrogens with two attached hydrogens (primary N) is 1. The Labute approximate surface area is 152 Å². The van der Waals surface area contributed by atoms with Crippen LogP contribution in [0.25, 0.3) is 0 Å². The van der Waals surface area contributed by atoms with E-state index in [0.717, 1.165) is 19.4 Å². The van der Waals surface area contributed by atoms with Gasteiger partial charge < -0.3 is 10.2 Å². The molecule has 0 spiro atoms. The summed E-state index contributed by atoms with van der Waals surface area (Å²) in [6, 6.07) is 8.47. The topological polar surface area (TPSA) is 125 Å². The predicted octanol–water partition coefficient (Wildman–Crippen LogP) is 2.12. The maximum Gasteiger partial charge on any atom is 0.238 e. The molecule has 26 heavy (non-hydrogen) atoms. The van der Waals surface area contributed by atoms with Crippen molar-refractivity contribution in [1.29, 1.82) is 5.26 Å². The SMILES string of the molecule is C[C@H]1CCCCN1c1nc(Nc2ccc(S(N)(=O)=O)cc2)ncc1C#N. The lowest BCUT2D eigenvalue weighted by atomic mass is 10.0. The van der Waals surface area contributed by atoms with Gasteiger partial charge in [-0.1, -0.05) is 0 Å². The number of piperidine rings is 1. The summed E-state index contributed by atoms with van der Waals surface area (Å²) < 4.78 is 22.6. The second-order valence-corrected chi connectivity index (χ2v) is 7.84. The van der Waals surface area contributed by atoms with Crippen LogP contribution in [0, 0.1) is 11.3 Å². The number of primary sulfonamides is 1. The fourth-order valence-corrected chi connectivity index (χ4v) is 3.52. The number of hydrogen-bond donors (Lipinski definition) is 2. The van der Waals surface area contributed by atoms with E-state index in [9.17, 15) is 13.7 Å². The van der Waals surface area contributed by atoms with Gasteiger partial charge in [0.25, 0.3) is 0 Å². The van der Waals surface area contributed by atoms with Crippen LogP contribution in [0.15, 0.2) is 35.4 Å². The Hall–Kier alpha value is -2.70. The molecule has 1 fully saturated rings. The van der Waals surface area contributed by atoms with Crippen LogP contribution < -0.4 is 15.4 Å². The molecule has 1 aliphatic rings. The van der Waals surface area contributed by atoms with E-state index in [2.05, 4.69) is 33.2 Å². The minimum absolute atomic E-state index is 0.0339. The zero-order valence-corrected chi connectivity index (χ0v) is 15.2. The second-order valence-electron chi connectivity index (χ2n) is 6.28. The molecular weight excluding hydrogens is 352 g/mol. The second kappa shape index (κ2) is 7.27. The zero-order chi connectivity index (χ0) is 18.7. The van der Waals surface area contributed by atoms with Gasteiger partial charge in [-0.15, -0.1) is 0 Å². The van der Waals surface area contributed by atoms with Gasteiger partial charge in [-0.05, 0) is 50.5 Å². The van der Waals surface area contributed by atoms with Crippen LogP contribution in [0.2, 0.25) is 0 Å². The maximum atomic E-state index is 11.3. The van der Waals surface area contributed by atoms with Crippen molar-refractivity contribution in [3.63, 3.8) is 0 Å². The van der Waals surface area contributed by atoms with Crippen molar-refractivity contribution in [2.75, 3.05) is 16.8 Å². The summed E-state index contributed by atoms with van der Waals surface area (Å²) >= 11 is 0. The molecule has 0 aliphatic carbocycles. The monoisotopic (exact) mass is 372 g/mol. The Bertz CT molecular complexity index is 937. The van der Waals surface area contributed by atoms with Gasteiger partial charge >= 0.3 is 0 Å². The highest BCUT2D eigenvalue weighted by Gasteiger charge is 2.23. The molecule has 1 aromatic heterocycles. The zero-order valence-electron chi connectivity index (χ0n) is 14.4. The van der Waals surface area contributed by atoms with Crippen molar-refractivity contribution < 1.29 is 8.42 Å². The number of benzene rings is 1. The van der Waals surface area contributed by atoms with Crippen molar-refractivity contribution in [3.8, 4) is 6.07 Å². The minimum atomic E-state index is -3.73. The molecule has 0 saturated carbocycles. The highest BCUT2D eigenvalue weighted by molar-refractivity contribution is 7.89. The van der Waals surface area contributed by atoms with Crippen LogP contribution in [-0.4, -0.2) is 31.0 Å². The molecule has 1 atom stereocenters. The maximum absolute atomic E-state index is 11.3. The Morgan fingerprint density at radius 1 is 1.31 bits per heavy atom. The molecular formula is C17H20N6O2S. The van der Waals surface area contributed by atoms with Gasteiger partial charge in [-0.2, -0.15) is 10.2 Å². The van der Waals surface area contributed by atoms with E-state index >= 15 is 0 Å². The molecule has 1 aromatic carbocycles. The summed E-state index contributed by atoms with van der Waals surface area (Å²) in [7, 11) is -3.73. The van der Waals surface area contributed by atoms with Crippen molar-refractivity contribution in [1.82, 2.24) is 9.97 Å². The average molecular weight is 372 g/mol. The van der Waals surface area contributed by atoms with Gasteiger partial charge in [-0.3, -0.25) is 0 Å². The number of nitrogens with zero attached hydrogens (tertiary/aromatic N) is 4.